The SMILES string of the molecule is Cc1ccc2nc(-c3cc(Cl)ccc3NC(=O)CCC(=O)[O-])c(=O)[nH]c2c1. The topological polar surface area (TPSA) is 115 Å². The molecule has 0 spiro atoms. The van der Waals surface area contributed by atoms with Gasteiger partial charge in [0.15, 0.2) is 0 Å². The summed E-state index contributed by atoms with van der Waals surface area (Å²) in [6.45, 7) is 1.91. The molecule has 1 heterocycles. The second-order valence-corrected chi connectivity index (χ2v) is 6.48. The van der Waals surface area contributed by atoms with Crippen LogP contribution in [-0.2, 0) is 9.59 Å². The molecule has 0 aliphatic heterocycles. The zero-order chi connectivity index (χ0) is 19.6. The van der Waals surface area contributed by atoms with Crippen molar-refractivity contribution in [3.05, 3.63) is 57.3 Å². The number of nitrogens with one attached hydrogen (secondary N) is 2. The number of rotatable bonds is 5. The molecule has 1 amide bonds. The molecule has 3 rings (SSSR count). The van der Waals surface area contributed by atoms with Gasteiger partial charge >= 0.3 is 0 Å². The van der Waals surface area contributed by atoms with Crippen LogP contribution in [0.5, 0.6) is 0 Å². The zero-order valence-corrected chi connectivity index (χ0v) is 15.1. The second kappa shape index (κ2) is 7.59. The Kier molecular flexibility index (Phi) is 5.23. The van der Waals surface area contributed by atoms with Crippen molar-refractivity contribution in [1.29, 1.82) is 0 Å². The lowest BCUT2D eigenvalue weighted by molar-refractivity contribution is -0.305. The molecule has 0 aliphatic carbocycles. The second-order valence-electron chi connectivity index (χ2n) is 6.05. The Balaban J connectivity index is 2.04. The molecule has 0 atom stereocenters. The Morgan fingerprint density at radius 2 is 1.96 bits per heavy atom. The highest BCUT2D eigenvalue weighted by Crippen LogP contribution is 2.29. The zero-order valence-electron chi connectivity index (χ0n) is 14.3. The fourth-order valence-corrected chi connectivity index (χ4v) is 2.80. The average molecular weight is 385 g/mol. The number of aromatic amines is 1. The predicted octanol–water partition coefficient (Wildman–Crippen LogP) is 2.02. The first-order chi connectivity index (χ1) is 12.8. The smallest absolute Gasteiger partial charge is 0.275 e. The number of aryl methyl sites for hydroxylation is 1. The third-order valence-electron chi connectivity index (χ3n) is 3.91. The van der Waals surface area contributed by atoms with Crippen LogP contribution >= 0.6 is 11.6 Å². The maximum Gasteiger partial charge on any atom is 0.275 e. The minimum Gasteiger partial charge on any atom is -0.550 e. The van der Waals surface area contributed by atoms with Gasteiger partial charge in [-0.25, -0.2) is 4.98 Å². The lowest BCUT2D eigenvalue weighted by Crippen LogP contribution is -2.24. The third kappa shape index (κ3) is 4.32. The number of carboxylic acids is 1. The van der Waals surface area contributed by atoms with E-state index < -0.39 is 23.9 Å². The van der Waals surface area contributed by atoms with Crippen molar-refractivity contribution < 1.29 is 14.7 Å². The van der Waals surface area contributed by atoms with E-state index in [-0.39, 0.29) is 12.1 Å². The first kappa shape index (κ1) is 18.6. The van der Waals surface area contributed by atoms with E-state index in [1.807, 2.05) is 19.1 Å². The third-order valence-corrected chi connectivity index (χ3v) is 4.15. The molecule has 2 N–H and O–H groups in total. The van der Waals surface area contributed by atoms with Crippen molar-refractivity contribution in [3.8, 4) is 11.3 Å². The molecule has 0 radical (unpaired) electrons. The van der Waals surface area contributed by atoms with Gasteiger partial charge in [0.2, 0.25) is 5.91 Å². The molecular formula is C19H15ClN3O4-. The summed E-state index contributed by atoms with van der Waals surface area (Å²) in [4.78, 5) is 42.2. The molecule has 27 heavy (non-hydrogen) atoms. The molecule has 0 fully saturated rings. The average Bonchev–Trinajstić information content (AvgIpc) is 2.61. The normalized spacial score (nSPS) is 10.7. The maximum absolute atomic E-state index is 12.5. The van der Waals surface area contributed by atoms with Crippen molar-refractivity contribution in [2.24, 2.45) is 0 Å². The molecule has 8 heteroatoms. The molecule has 0 aliphatic rings. The lowest BCUT2D eigenvalue weighted by atomic mass is 10.1. The van der Waals surface area contributed by atoms with E-state index in [9.17, 15) is 19.5 Å². The fraction of sp³-hybridized carbons (Fsp3) is 0.158. The number of H-pyrrole nitrogens is 1. The van der Waals surface area contributed by atoms with E-state index in [1.165, 1.54) is 12.1 Å². The Labute approximate surface area is 159 Å². The first-order valence-electron chi connectivity index (χ1n) is 8.14. The Bertz CT molecular complexity index is 1110. The van der Waals surface area contributed by atoms with E-state index in [4.69, 9.17) is 11.6 Å². The fourth-order valence-electron chi connectivity index (χ4n) is 2.63. The number of benzene rings is 2. The van der Waals surface area contributed by atoms with Gasteiger partial charge in [-0.3, -0.25) is 9.59 Å². The summed E-state index contributed by atoms with van der Waals surface area (Å²) in [5.74, 6) is -1.83. The number of hydrogen-bond donors (Lipinski definition) is 2. The summed E-state index contributed by atoms with van der Waals surface area (Å²) in [7, 11) is 0. The van der Waals surface area contributed by atoms with Gasteiger partial charge < -0.3 is 20.2 Å². The summed E-state index contributed by atoms with van der Waals surface area (Å²) < 4.78 is 0. The monoisotopic (exact) mass is 384 g/mol. The van der Waals surface area contributed by atoms with E-state index in [0.717, 1.165) is 5.56 Å². The van der Waals surface area contributed by atoms with Crippen molar-refractivity contribution in [3.63, 3.8) is 0 Å². The summed E-state index contributed by atoms with van der Waals surface area (Å²) in [6.07, 6.45) is -0.645. The molecule has 0 saturated carbocycles. The summed E-state index contributed by atoms with van der Waals surface area (Å²) in [6, 6.07) is 10.1. The molecule has 3 aromatic rings. The number of hydrogen-bond acceptors (Lipinski definition) is 5. The summed E-state index contributed by atoms with van der Waals surface area (Å²) in [5.41, 5.74) is 2.50. The molecule has 0 unspecified atom stereocenters. The van der Waals surface area contributed by atoms with Crippen molar-refractivity contribution >= 4 is 40.2 Å². The number of nitrogens with zero attached hydrogens (tertiary/aromatic N) is 1. The van der Waals surface area contributed by atoms with Gasteiger partial charge in [-0.05, 0) is 49.2 Å². The highest BCUT2D eigenvalue weighted by molar-refractivity contribution is 6.31. The van der Waals surface area contributed by atoms with Crippen LogP contribution in [0, 0.1) is 6.92 Å². The van der Waals surface area contributed by atoms with Crippen molar-refractivity contribution in [2.75, 3.05) is 5.32 Å². The van der Waals surface area contributed by atoms with Gasteiger partial charge in [0.1, 0.15) is 5.69 Å². The molecule has 7 nitrogen and oxygen atoms in total. The molecule has 1 aromatic heterocycles. The van der Waals surface area contributed by atoms with Crippen molar-refractivity contribution in [2.45, 2.75) is 19.8 Å². The summed E-state index contributed by atoms with van der Waals surface area (Å²) in [5, 5.41) is 13.5. The number of anilines is 1. The molecule has 138 valence electrons. The van der Waals surface area contributed by atoms with Gasteiger partial charge in [-0.1, -0.05) is 17.7 Å². The van der Waals surface area contributed by atoms with Crippen molar-refractivity contribution in [1.82, 2.24) is 9.97 Å². The van der Waals surface area contributed by atoms with Gasteiger partial charge in [0, 0.05) is 23.0 Å². The van der Waals surface area contributed by atoms with Crippen LogP contribution in [0.1, 0.15) is 18.4 Å². The number of carboxylic acid groups (broad SMARTS) is 1. The number of amides is 1. The molecule has 0 bridgehead atoms. The minimum absolute atomic E-state index is 0.101. The summed E-state index contributed by atoms with van der Waals surface area (Å²) >= 11 is 6.06. The highest BCUT2D eigenvalue weighted by Gasteiger charge is 2.15. The number of aliphatic carboxylic acids is 1. The Morgan fingerprint density at radius 3 is 2.70 bits per heavy atom. The Morgan fingerprint density at radius 1 is 1.19 bits per heavy atom. The standard InChI is InChI=1S/C19H16ClN3O4/c1-10-2-4-14-15(8-10)23-19(27)18(22-14)12-9-11(20)3-5-13(12)21-16(24)6-7-17(25)26/h2-5,8-9H,6-7H2,1H3,(H,21,24)(H,23,27)(H,25,26)/p-1. The Hall–Kier alpha value is -3.19. The number of carbonyl (C=O) groups excluding carboxylic acids is 2. The number of carbonyl (C=O) groups is 2. The van der Waals surface area contributed by atoms with Gasteiger partial charge in [0.05, 0.1) is 16.7 Å². The van der Waals surface area contributed by atoms with Gasteiger partial charge in [-0.15, -0.1) is 0 Å². The van der Waals surface area contributed by atoms with Crippen LogP contribution in [0.4, 0.5) is 5.69 Å². The number of fused-ring (bicyclic) bond motifs is 1. The van der Waals surface area contributed by atoms with Crippen LogP contribution < -0.4 is 16.0 Å². The van der Waals surface area contributed by atoms with Gasteiger partial charge in [-0.2, -0.15) is 0 Å². The van der Waals surface area contributed by atoms with E-state index in [0.29, 0.717) is 27.3 Å². The quantitative estimate of drug-likeness (QED) is 0.698. The molecular weight excluding hydrogens is 370 g/mol. The molecule has 2 aromatic carbocycles. The van der Waals surface area contributed by atoms with Gasteiger partial charge in [0.25, 0.3) is 5.56 Å². The molecule has 0 saturated heterocycles. The lowest BCUT2D eigenvalue weighted by Gasteiger charge is -2.12. The van der Waals surface area contributed by atoms with Crippen LogP contribution in [0.15, 0.2) is 41.2 Å². The number of aromatic nitrogens is 2. The maximum atomic E-state index is 12.5. The minimum atomic E-state index is -1.32. The highest BCUT2D eigenvalue weighted by atomic mass is 35.5. The van der Waals surface area contributed by atoms with E-state index in [1.54, 1.807) is 12.1 Å². The number of halogens is 1. The van der Waals surface area contributed by atoms with Crippen LogP contribution in [-0.4, -0.2) is 21.8 Å². The van der Waals surface area contributed by atoms with Crippen LogP contribution in [0.25, 0.3) is 22.3 Å². The van der Waals surface area contributed by atoms with Crippen LogP contribution in [0.3, 0.4) is 0 Å². The van der Waals surface area contributed by atoms with E-state index in [2.05, 4.69) is 15.3 Å². The largest absolute Gasteiger partial charge is 0.550 e. The first-order valence-corrected chi connectivity index (χ1v) is 8.51. The van der Waals surface area contributed by atoms with Crippen LogP contribution in [0.2, 0.25) is 5.02 Å². The van der Waals surface area contributed by atoms with E-state index >= 15 is 0 Å². The predicted molar refractivity (Wildman–Crippen MR) is 100 cm³/mol.